The average Bonchev–Trinajstić information content (AvgIpc) is 3.15. The van der Waals surface area contributed by atoms with Gasteiger partial charge in [-0.2, -0.15) is 0 Å². The van der Waals surface area contributed by atoms with Crippen molar-refractivity contribution >= 4 is 5.97 Å². The van der Waals surface area contributed by atoms with Crippen molar-refractivity contribution in [3.05, 3.63) is 82.7 Å². The summed E-state index contributed by atoms with van der Waals surface area (Å²) >= 11 is 0. The molecule has 0 heterocycles. The Kier molecular flexibility index (Phi) is 6.24. The molecule has 0 unspecified atom stereocenters. The third-order valence-electron chi connectivity index (χ3n) is 10.0. The topological polar surface area (TPSA) is 55.8 Å². The van der Waals surface area contributed by atoms with Crippen molar-refractivity contribution in [3.8, 4) is 22.6 Å². The maximum atomic E-state index is 15.1. The number of hydrogen-bond acceptors (Lipinski definition) is 3. The lowest BCUT2D eigenvalue weighted by molar-refractivity contribution is -0.139. The Morgan fingerprint density at radius 1 is 1.03 bits per heavy atom. The van der Waals surface area contributed by atoms with Gasteiger partial charge in [0, 0.05) is 11.0 Å². The molecule has 1 N–H and O–H groups in total. The first-order valence-corrected chi connectivity index (χ1v) is 14.1. The fraction of sp³-hybridized carbons (Fsp3) is 0.441. The fourth-order valence-electron chi connectivity index (χ4n) is 7.78. The smallest absolute Gasteiger partial charge is 0.307 e. The molecule has 0 bridgehead atoms. The highest BCUT2D eigenvalue weighted by atomic mass is 19.1. The SMILES string of the molecule is COc1ccc(F)c(-c2ccc(COc3ccc4c(c3)[C@]3(CC4)[C@H](C)[C@H]3C(=O)O)cc2[C@H]2CCCC2(C)C)c1. The molecule has 39 heavy (non-hydrogen) atoms. The van der Waals surface area contributed by atoms with Crippen LogP contribution in [0.1, 0.15) is 74.6 Å². The largest absolute Gasteiger partial charge is 0.497 e. The van der Waals surface area contributed by atoms with Gasteiger partial charge in [0.15, 0.2) is 0 Å². The number of halogens is 1. The molecule has 2 fully saturated rings. The molecule has 0 aromatic heterocycles. The van der Waals surface area contributed by atoms with E-state index >= 15 is 4.39 Å². The van der Waals surface area contributed by atoms with Crippen molar-refractivity contribution in [3.63, 3.8) is 0 Å². The highest BCUT2D eigenvalue weighted by molar-refractivity contribution is 5.79. The Hall–Kier alpha value is -3.34. The van der Waals surface area contributed by atoms with E-state index in [1.165, 1.54) is 11.6 Å². The van der Waals surface area contributed by atoms with E-state index < -0.39 is 5.97 Å². The molecule has 6 rings (SSSR count). The lowest BCUT2D eigenvalue weighted by Crippen LogP contribution is -2.17. The summed E-state index contributed by atoms with van der Waals surface area (Å²) in [5.74, 6) is 0.616. The Morgan fingerprint density at radius 2 is 1.82 bits per heavy atom. The number of carbonyl (C=O) groups is 1. The Balaban J connectivity index is 1.31. The van der Waals surface area contributed by atoms with E-state index in [1.54, 1.807) is 19.2 Å². The van der Waals surface area contributed by atoms with Gasteiger partial charge in [-0.3, -0.25) is 4.79 Å². The summed E-state index contributed by atoms with van der Waals surface area (Å²) in [6.45, 7) is 7.07. The number of aryl methyl sites for hydroxylation is 1. The highest BCUT2D eigenvalue weighted by Crippen LogP contribution is 2.66. The Morgan fingerprint density at radius 3 is 2.51 bits per heavy atom. The molecular formula is C34H37FO4. The zero-order valence-electron chi connectivity index (χ0n) is 23.2. The number of methoxy groups -OCH3 is 1. The minimum absolute atomic E-state index is 0.125. The van der Waals surface area contributed by atoms with Gasteiger partial charge >= 0.3 is 5.97 Å². The quantitative estimate of drug-likeness (QED) is 0.339. The Labute approximate surface area is 230 Å². The third-order valence-corrected chi connectivity index (χ3v) is 10.0. The fourth-order valence-corrected chi connectivity index (χ4v) is 7.78. The molecule has 3 aromatic carbocycles. The zero-order chi connectivity index (χ0) is 27.5. The molecule has 3 aliphatic carbocycles. The number of rotatable bonds is 7. The molecule has 4 atom stereocenters. The van der Waals surface area contributed by atoms with E-state index in [9.17, 15) is 9.90 Å². The van der Waals surface area contributed by atoms with Crippen molar-refractivity contribution in [2.45, 2.75) is 70.8 Å². The maximum absolute atomic E-state index is 15.1. The molecule has 204 valence electrons. The van der Waals surface area contributed by atoms with Crippen LogP contribution in [0.3, 0.4) is 0 Å². The van der Waals surface area contributed by atoms with Crippen LogP contribution in [0.4, 0.5) is 4.39 Å². The van der Waals surface area contributed by atoms with Crippen LogP contribution in [0.2, 0.25) is 0 Å². The number of carboxylic acid groups (broad SMARTS) is 1. The first-order valence-electron chi connectivity index (χ1n) is 14.1. The standard InChI is InChI=1S/C34H37FO4/c1-20-31(32(36)37)34(20)15-13-22-8-9-24(18-29(22)34)39-19-21-7-11-25(27-17-23(38-4)10-12-30(27)35)26(16-21)28-6-5-14-33(28,2)3/h7-12,16-18,20,28,31H,5-6,13-15,19H2,1-4H3,(H,36,37)/t20-,28-,31+,34+/m1/s1. The van der Waals surface area contributed by atoms with E-state index in [2.05, 4.69) is 39.0 Å². The van der Waals surface area contributed by atoms with Gasteiger partial charge < -0.3 is 14.6 Å². The molecule has 0 saturated heterocycles. The molecule has 2 saturated carbocycles. The minimum Gasteiger partial charge on any atom is -0.497 e. The molecular weight excluding hydrogens is 491 g/mol. The molecule has 3 aromatic rings. The third kappa shape index (κ3) is 4.21. The normalized spacial score (nSPS) is 26.4. The van der Waals surface area contributed by atoms with E-state index in [4.69, 9.17) is 9.47 Å². The summed E-state index contributed by atoms with van der Waals surface area (Å²) in [5.41, 5.74) is 5.95. The van der Waals surface area contributed by atoms with Gasteiger partial charge in [0.2, 0.25) is 0 Å². The van der Waals surface area contributed by atoms with Crippen molar-refractivity contribution in [1.82, 2.24) is 0 Å². The second-order valence-electron chi connectivity index (χ2n) is 12.5. The first-order chi connectivity index (χ1) is 18.7. The van der Waals surface area contributed by atoms with Crippen LogP contribution in [0.25, 0.3) is 11.1 Å². The lowest BCUT2D eigenvalue weighted by atomic mass is 9.75. The summed E-state index contributed by atoms with van der Waals surface area (Å²) in [7, 11) is 1.60. The van der Waals surface area contributed by atoms with E-state index in [0.717, 1.165) is 60.1 Å². The van der Waals surface area contributed by atoms with Crippen LogP contribution in [0, 0.1) is 23.1 Å². The van der Waals surface area contributed by atoms with Gasteiger partial charge in [-0.05, 0) is 101 Å². The number of benzene rings is 3. The van der Waals surface area contributed by atoms with Crippen LogP contribution < -0.4 is 9.47 Å². The van der Waals surface area contributed by atoms with Gasteiger partial charge in [0.1, 0.15) is 23.9 Å². The molecule has 3 aliphatic rings. The molecule has 0 amide bonds. The van der Waals surface area contributed by atoms with Gasteiger partial charge in [-0.25, -0.2) is 4.39 Å². The lowest BCUT2D eigenvalue weighted by Gasteiger charge is -2.30. The second kappa shape index (κ2) is 9.39. The summed E-state index contributed by atoms with van der Waals surface area (Å²) in [4.78, 5) is 11.9. The maximum Gasteiger partial charge on any atom is 0.307 e. The highest BCUT2D eigenvalue weighted by Gasteiger charge is 2.68. The number of fused-ring (bicyclic) bond motifs is 2. The molecule has 4 nitrogen and oxygen atoms in total. The van der Waals surface area contributed by atoms with Gasteiger partial charge in [-0.1, -0.05) is 51.5 Å². The number of carboxylic acids is 1. The van der Waals surface area contributed by atoms with Crippen molar-refractivity contribution in [1.29, 1.82) is 0 Å². The zero-order valence-corrected chi connectivity index (χ0v) is 23.2. The average molecular weight is 529 g/mol. The van der Waals surface area contributed by atoms with E-state index in [0.29, 0.717) is 23.8 Å². The number of ether oxygens (including phenoxy) is 2. The summed E-state index contributed by atoms with van der Waals surface area (Å²) in [6, 6.07) is 17.3. The van der Waals surface area contributed by atoms with Crippen molar-refractivity contribution < 1.29 is 23.8 Å². The minimum atomic E-state index is -0.698. The first kappa shape index (κ1) is 25.9. The summed E-state index contributed by atoms with van der Waals surface area (Å²) in [6.07, 6.45) is 5.20. The van der Waals surface area contributed by atoms with Crippen molar-refractivity contribution in [2.75, 3.05) is 7.11 Å². The van der Waals surface area contributed by atoms with Crippen LogP contribution in [-0.2, 0) is 23.2 Å². The van der Waals surface area contributed by atoms with Gasteiger partial charge in [0.05, 0.1) is 13.0 Å². The van der Waals surface area contributed by atoms with Crippen LogP contribution >= 0.6 is 0 Å². The van der Waals surface area contributed by atoms with Crippen molar-refractivity contribution in [2.24, 2.45) is 17.3 Å². The van der Waals surface area contributed by atoms with Crippen LogP contribution in [0.5, 0.6) is 11.5 Å². The van der Waals surface area contributed by atoms with Crippen LogP contribution in [0.15, 0.2) is 54.6 Å². The molecule has 5 heteroatoms. The predicted molar refractivity (Wildman–Crippen MR) is 150 cm³/mol. The van der Waals surface area contributed by atoms with Crippen LogP contribution in [-0.4, -0.2) is 18.2 Å². The van der Waals surface area contributed by atoms with E-state index in [-0.39, 0.29) is 28.5 Å². The molecule has 1 spiro atoms. The molecule has 0 aliphatic heterocycles. The monoisotopic (exact) mass is 528 g/mol. The van der Waals surface area contributed by atoms with Gasteiger partial charge in [-0.15, -0.1) is 0 Å². The second-order valence-corrected chi connectivity index (χ2v) is 12.5. The summed E-state index contributed by atoms with van der Waals surface area (Å²) < 4.78 is 26.8. The van der Waals surface area contributed by atoms with E-state index in [1.807, 2.05) is 18.2 Å². The number of aliphatic carboxylic acids is 1. The van der Waals surface area contributed by atoms with Gasteiger partial charge in [0.25, 0.3) is 0 Å². The molecule has 0 radical (unpaired) electrons. The Bertz CT molecular complexity index is 1440. The predicted octanol–water partition coefficient (Wildman–Crippen LogP) is 7.91. The number of hydrogen-bond donors (Lipinski definition) is 1. The summed E-state index contributed by atoms with van der Waals surface area (Å²) in [5, 5.41) is 9.74.